The summed E-state index contributed by atoms with van der Waals surface area (Å²) in [6, 6.07) is 0. The molecule has 0 N–H and O–H groups in total. The summed E-state index contributed by atoms with van der Waals surface area (Å²) in [5, 5.41) is 0. The third-order valence-electron chi connectivity index (χ3n) is 2.08. The monoisotopic (exact) mass is 151 g/mol. The van der Waals surface area contributed by atoms with Crippen molar-refractivity contribution < 1.29 is 0 Å². The van der Waals surface area contributed by atoms with Gasteiger partial charge in [0.25, 0.3) is 0 Å². The SMILES string of the molecule is CCCCN1CC=CC=C1C. The van der Waals surface area contributed by atoms with Crippen molar-refractivity contribution in [1.82, 2.24) is 4.90 Å². The molecule has 1 heteroatoms. The molecule has 0 unspecified atom stereocenters. The zero-order valence-corrected chi connectivity index (χ0v) is 7.51. The van der Waals surface area contributed by atoms with Crippen LogP contribution < -0.4 is 0 Å². The molecule has 0 bridgehead atoms. The summed E-state index contributed by atoms with van der Waals surface area (Å²) in [6.07, 6.45) is 9.12. The molecule has 1 rings (SSSR count). The molecule has 0 aliphatic carbocycles. The summed E-state index contributed by atoms with van der Waals surface area (Å²) in [5.74, 6) is 0. The molecule has 0 aromatic carbocycles. The second kappa shape index (κ2) is 4.22. The van der Waals surface area contributed by atoms with Crippen molar-refractivity contribution in [3.63, 3.8) is 0 Å². The molecule has 0 fully saturated rings. The highest BCUT2D eigenvalue weighted by Gasteiger charge is 2.03. The van der Waals surface area contributed by atoms with E-state index in [0.29, 0.717) is 0 Å². The molecule has 0 amide bonds. The van der Waals surface area contributed by atoms with Gasteiger partial charge < -0.3 is 4.90 Å². The molecule has 1 nitrogen and oxygen atoms in total. The molecular weight excluding hydrogens is 134 g/mol. The fraction of sp³-hybridized carbons (Fsp3) is 0.600. The van der Waals surface area contributed by atoms with Gasteiger partial charge in [-0.2, -0.15) is 0 Å². The molecule has 11 heavy (non-hydrogen) atoms. The highest BCUT2D eigenvalue weighted by molar-refractivity contribution is 5.15. The smallest absolute Gasteiger partial charge is 0.0359 e. The van der Waals surface area contributed by atoms with E-state index >= 15 is 0 Å². The third kappa shape index (κ3) is 2.41. The molecule has 0 spiro atoms. The minimum absolute atomic E-state index is 1.10. The average molecular weight is 151 g/mol. The van der Waals surface area contributed by atoms with Crippen LogP contribution >= 0.6 is 0 Å². The summed E-state index contributed by atoms with van der Waals surface area (Å²) < 4.78 is 0. The minimum Gasteiger partial charge on any atom is -0.371 e. The van der Waals surface area contributed by atoms with Crippen LogP contribution in [-0.4, -0.2) is 18.0 Å². The first-order valence-electron chi connectivity index (χ1n) is 4.43. The maximum Gasteiger partial charge on any atom is 0.0359 e. The van der Waals surface area contributed by atoms with Crippen LogP contribution in [0, 0.1) is 0 Å². The lowest BCUT2D eigenvalue weighted by Gasteiger charge is -2.25. The van der Waals surface area contributed by atoms with Crippen molar-refractivity contribution in [3.8, 4) is 0 Å². The number of unbranched alkanes of at least 4 members (excludes halogenated alkanes) is 1. The summed E-state index contributed by atoms with van der Waals surface area (Å²) in [6.45, 7) is 6.73. The minimum atomic E-state index is 1.10. The molecule has 0 aromatic heterocycles. The predicted molar refractivity (Wildman–Crippen MR) is 49.4 cm³/mol. The first kappa shape index (κ1) is 8.38. The number of rotatable bonds is 3. The predicted octanol–water partition coefficient (Wildman–Crippen LogP) is 2.56. The molecule has 0 radical (unpaired) electrons. The largest absolute Gasteiger partial charge is 0.371 e. The quantitative estimate of drug-likeness (QED) is 0.599. The Morgan fingerprint density at radius 2 is 2.36 bits per heavy atom. The van der Waals surface area contributed by atoms with E-state index in [1.54, 1.807) is 0 Å². The van der Waals surface area contributed by atoms with Crippen molar-refractivity contribution in [1.29, 1.82) is 0 Å². The number of nitrogens with zero attached hydrogens (tertiary/aromatic N) is 1. The van der Waals surface area contributed by atoms with Gasteiger partial charge in [0.1, 0.15) is 0 Å². The van der Waals surface area contributed by atoms with Crippen molar-refractivity contribution in [2.75, 3.05) is 13.1 Å². The third-order valence-corrected chi connectivity index (χ3v) is 2.08. The molecular formula is C10H17N. The van der Waals surface area contributed by atoms with Gasteiger partial charge in [0.15, 0.2) is 0 Å². The molecule has 0 saturated carbocycles. The van der Waals surface area contributed by atoms with Gasteiger partial charge in [-0.3, -0.25) is 0 Å². The van der Waals surface area contributed by atoms with Crippen LogP contribution in [0.15, 0.2) is 23.9 Å². The van der Waals surface area contributed by atoms with Crippen molar-refractivity contribution >= 4 is 0 Å². The maximum absolute atomic E-state index is 2.42. The second-order valence-corrected chi connectivity index (χ2v) is 3.04. The van der Waals surface area contributed by atoms with Crippen molar-refractivity contribution in [2.45, 2.75) is 26.7 Å². The van der Waals surface area contributed by atoms with Crippen LogP contribution in [-0.2, 0) is 0 Å². The van der Waals surface area contributed by atoms with Gasteiger partial charge >= 0.3 is 0 Å². The van der Waals surface area contributed by atoms with Gasteiger partial charge in [0, 0.05) is 18.8 Å². The fourth-order valence-corrected chi connectivity index (χ4v) is 1.26. The summed E-state index contributed by atoms with van der Waals surface area (Å²) in [5.41, 5.74) is 1.40. The molecule has 0 aromatic rings. The van der Waals surface area contributed by atoms with Gasteiger partial charge in [-0.05, 0) is 19.4 Å². The van der Waals surface area contributed by atoms with Crippen LogP contribution in [0.2, 0.25) is 0 Å². The Morgan fingerprint density at radius 1 is 1.55 bits per heavy atom. The lowest BCUT2D eigenvalue weighted by atomic mass is 10.2. The molecule has 1 aliphatic heterocycles. The highest BCUT2D eigenvalue weighted by atomic mass is 15.1. The highest BCUT2D eigenvalue weighted by Crippen LogP contribution is 2.09. The Hall–Kier alpha value is -0.720. The average Bonchev–Trinajstić information content (AvgIpc) is 2.03. The van der Waals surface area contributed by atoms with E-state index in [-0.39, 0.29) is 0 Å². The second-order valence-electron chi connectivity index (χ2n) is 3.04. The van der Waals surface area contributed by atoms with E-state index < -0.39 is 0 Å². The van der Waals surface area contributed by atoms with Crippen LogP contribution in [0.5, 0.6) is 0 Å². The molecule has 1 heterocycles. The molecule has 0 saturated heterocycles. The van der Waals surface area contributed by atoms with E-state index in [2.05, 4.69) is 37.0 Å². The first-order chi connectivity index (χ1) is 5.34. The normalized spacial score (nSPS) is 16.9. The molecule has 0 atom stereocenters. The molecule has 62 valence electrons. The van der Waals surface area contributed by atoms with E-state index in [0.717, 1.165) is 6.54 Å². The maximum atomic E-state index is 2.42. The summed E-state index contributed by atoms with van der Waals surface area (Å²) in [4.78, 5) is 2.42. The first-order valence-corrected chi connectivity index (χ1v) is 4.43. The van der Waals surface area contributed by atoms with Crippen molar-refractivity contribution in [3.05, 3.63) is 23.9 Å². The van der Waals surface area contributed by atoms with Gasteiger partial charge in [0.05, 0.1) is 0 Å². The Balaban J connectivity index is 2.35. The van der Waals surface area contributed by atoms with E-state index in [4.69, 9.17) is 0 Å². The lowest BCUT2D eigenvalue weighted by molar-refractivity contribution is 0.368. The molecule has 1 aliphatic rings. The Bertz CT molecular complexity index is 168. The fourth-order valence-electron chi connectivity index (χ4n) is 1.26. The summed E-state index contributed by atoms with van der Waals surface area (Å²) >= 11 is 0. The van der Waals surface area contributed by atoms with Gasteiger partial charge in [-0.1, -0.05) is 25.5 Å². The van der Waals surface area contributed by atoms with Crippen LogP contribution in [0.1, 0.15) is 26.7 Å². The zero-order valence-electron chi connectivity index (χ0n) is 7.51. The van der Waals surface area contributed by atoms with E-state index in [1.165, 1.54) is 25.1 Å². The summed E-state index contributed by atoms with van der Waals surface area (Å²) in [7, 11) is 0. The Kier molecular flexibility index (Phi) is 3.21. The zero-order chi connectivity index (χ0) is 8.10. The van der Waals surface area contributed by atoms with Crippen molar-refractivity contribution in [2.24, 2.45) is 0 Å². The van der Waals surface area contributed by atoms with Crippen LogP contribution in [0.3, 0.4) is 0 Å². The van der Waals surface area contributed by atoms with E-state index in [1.807, 2.05) is 0 Å². The van der Waals surface area contributed by atoms with Gasteiger partial charge in [-0.15, -0.1) is 0 Å². The number of hydrogen-bond acceptors (Lipinski definition) is 1. The van der Waals surface area contributed by atoms with Gasteiger partial charge in [-0.25, -0.2) is 0 Å². The standard InChI is InChI=1S/C10H17N/c1-3-4-8-11-9-6-5-7-10(11)2/h5-7H,3-4,8-9H2,1-2H3. The van der Waals surface area contributed by atoms with Crippen LogP contribution in [0.25, 0.3) is 0 Å². The van der Waals surface area contributed by atoms with E-state index in [9.17, 15) is 0 Å². The Labute approximate surface area is 69.4 Å². The lowest BCUT2D eigenvalue weighted by Crippen LogP contribution is -2.24. The Morgan fingerprint density at radius 3 is 3.00 bits per heavy atom. The number of allylic oxidation sites excluding steroid dienone is 3. The van der Waals surface area contributed by atoms with Crippen LogP contribution in [0.4, 0.5) is 0 Å². The number of hydrogen-bond donors (Lipinski definition) is 0. The van der Waals surface area contributed by atoms with Gasteiger partial charge in [0.2, 0.25) is 0 Å². The topological polar surface area (TPSA) is 3.24 Å².